The first-order valence-electron chi connectivity index (χ1n) is 8.02. The first kappa shape index (κ1) is 23.4. The molecule has 6 heteroatoms. The van der Waals surface area contributed by atoms with Crippen LogP contribution in [0.5, 0.6) is 0 Å². The molecule has 25 heavy (non-hydrogen) atoms. The summed E-state index contributed by atoms with van der Waals surface area (Å²) in [4.78, 5) is 16.6. The lowest BCUT2D eigenvalue weighted by molar-refractivity contribution is 0.0933. The highest BCUT2D eigenvalue weighted by molar-refractivity contribution is 5.95. The summed E-state index contributed by atoms with van der Waals surface area (Å²) in [5, 5.41) is 3.00. The maximum Gasteiger partial charge on any atom is 0.253 e. The van der Waals surface area contributed by atoms with E-state index in [1.165, 1.54) is 5.56 Å². The minimum Gasteiger partial charge on any atom is -0.348 e. The van der Waals surface area contributed by atoms with Crippen molar-refractivity contribution in [2.75, 3.05) is 6.54 Å². The van der Waals surface area contributed by atoms with Gasteiger partial charge in [0.15, 0.2) is 0 Å². The van der Waals surface area contributed by atoms with Crippen LogP contribution in [-0.4, -0.2) is 23.5 Å². The molecule has 1 amide bonds. The SMILES string of the molecule is Cc1ccc(-c2cncc(C(=O)NC(CN)CC(C)C)c2)cc1.Cl.Cl. The van der Waals surface area contributed by atoms with Crippen LogP contribution in [0, 0.1) is 12.8 Å². The molecule has 3 N–H and O–H groups in total. The molecule has 138 valence electrons. The molecule has 4 nitrogen and oxygen atoms in total. The molecule has 0 spiro atoms. The van der Waals surface area contributed by atoms with Crippen LogP contribution in [0.4, 0.5) is 0 Å². The summed E-state index contributed by atoms with van der Waals surface area (Å²) in [5.41, 5.74) is 9.50. The number of rotatable bonds is 6. The molecular formula is C19H27Cl2N3O. The van der Waals surface area contributed by atoms with Crippen LogP contribution in [0.1, 0.15) is 36.2 Å². The van der Waals surface area contributed by atoms with Crippen molar-refractivity contribution in [3.05, 3.63) is 53.9 Å². The zero-order valence-electron chi connectivity index (χ0n) is 14.9. The smallest absolute Gasteiger partial charge is 0.253 e. The Kier molecular flexibility index (Phi) is 10.4. The van der Waals surface area contributed by atoms with Gasteiger partial charge < -0.3 is 11.1 Å². The maximum atomic E-state index is 12.4. The summed E-state index contributed by atoms with van der Waals surface area (Å²) in [6.07, 6.45) is 4.24. The summed E-state index contributed by atoms with van der Waals surface area (Å²) in [7, 11) is 0. The summed E-state index contributed by atoms with van der Waals surface area (Å²) >= 11 is 0. The number of amides is 1. The second kappa shape index (κ2) is 11.1. The third kappa shape index (κ3) is 7.02. The summed E-state index contributed by atoms with van der Waals surface area (Å²) in [5.74, 6) is 0.364. The molecule has 0 bridgehead atoms. The minimum absolute atomic E-state index is 0. The van der Waals surface area contributed by atoms with E-state index in [1.54, 1.807) is 12.4 Å². The highest BCUT2D eigenvalue weighted by atomic mass is 35.5. The van der Waals surface area contributed by atoms with Gasteiger partial charge >= 0.3 is 0 Å². The molecule has 1 atom stereocenters. The van der Waals surface area contributed by atoms with Crippen LogP contribution in [0.15, 0.2) is 42.7 Å². The topological polar surface area (TPSA) is 68.0 Å². The van der Waals surface area contributed by atoms with Gasteiger partial charge in [-0.3, -0.25) is 9.78 Å². The highest BCUT2D eigenvalue weighted by Gasteiger charge is 2.14. The fourth-order valence-electron chi connectivity index (χ4n) is 2.52. The van der Waals surface area contributed by atoms with Gasteiger partial charge in [-0.25, -0.2) is 0 Å². The van der Waals surface area contributed by atoms with Crippen molar-refractivity contribution < 1.29 is 4.79 Å². The Hall–Kier alpha value is -1.62. The van der Waals surface area contributed by atoms with Gasteiger partial charge in [-0.15, -0.1) is 24.8 Å². The fourth-order valence-corrected chi connectivity index (χ4v) is 2.52. The lowest BCUT2D eigenvalue weighted by Crippen LogP contribution is -2.41. The molecule has 2 aromatic rings. The van der Waals surface area contributed by atoms with E-state index in [0.29, 0.717) is 18.0 Å². The number of aromatic nitrogens is 1. The number of hydrogen-bond acceptors (Lipinski definition) is 3. The Morgan fingerprint density at radius 2 is 1.76 bits per heavy atom. The number of benzene rings is 1. The van der Waals surface area contributed by atoms with Crippen molar-refractivity contribution in [3.63, 3.8) is 0 Å². The van der Waals surface area contributed by atoms with Gasteiger partial charge in [0, 0.05) is 30.5 Å². The number of nitrogens with two attached hydrogens (primary N) is 1. The summed E-state index contributed by atoms with van der Waals surface area (Å²) in [6.45, 7) is 6.73. The van der Waals surface area contributed by atoms with E-state index in [9.17, 15) is 4.79 Å². The van der Waals surface area contributed by atoms with Crippen LogP contribution in [0.25, 0.3) is 11.1 Å². The van der Waals surface area contributed by atoms with Crippen molar-refractivity contribution in [1.29, 1.82) is 0 Å². The second-order valence-electron chi connectivity index (χ2n) is 6.36. The molecule has 0 radical (unpaired) electrons. The molecule has 1 aromatic carbocycles. The largest absolute Gasteiger partial charge is 0.348 e. The number of pyridine rings is 1. The Morgan fingerprint density at radius 1 is 1.12 bits per heavy atom. The monoisotopic (exact) mass is 383 g/mol. The molecule has 1 heterocycles. The minimum atomic E-state index is -0.123. The van der Waals surface area contributed by atoms with Gasteiger partial charge in [-0.1, -0.05) is 43.7 Å². The van der Waals surface area contributed by atoms with E-state index >= 15 is 0 Å². The zero-order chi connectivity index (χ0) is 16.8. The number of nitrogens with zero attached hydrogens (tertiary/aromatic N) is 1. The van der Waals surface area contributed by atoms with Crippen molar-refractivity contribution in [2.24, 2.45) is 11.7 Å². The number of hydrogen-bond donors (Lipinski definition) is 2. The van der Waals surface area contributed by atoms with E-state index < -0.39 is 0 Å². The van der Waals surface area contributed by atoms with Crippen molar-refractivity contribution >= 4 is 30.7 Å². The molecule has 0 fully saturated rings. The summed E-state index contributed by atoms with van der Waals surface area (Å²) < 4.78 is 0. The molecule has 0 aliphatic carbocycles. The van der Waals surface area contributed by atoms with Crippen molar-refractivity contribution in [3.8, 4) is 11.1 Å². The predicted molar refractivity (Wildman–Crippen MR) is 109 cm³/mol. The molecule has 0 saturated heterocycles. The number of nitrogens with one attached hydrogen (secondary N) is 1. The third-order valence-electron chi connectivity index (χ3n) is 3.76. The number of carbonyl (C=O) groups is 1. The van der Waals surface area contributed by atoms with E-state index in [2.05, 4.69) is 36.3 Å². The van der Waals surface area contributed by atoms with Crippen LogP contribution < -0.4 is 11.1 Å². The van der Waals surface area contributed by atoms with Gasteiger partial charge in [-0.05, 0) is 30.9 Å². The Balaban J connectivity index is 0.00000288. The van der Waals surface area contributed by atoms with Gasteiger partial charge in [0.05, 0.1) is 5.56 Å². The fraction of sp³-hybridized carbons (Fsp3) is 0.368. The molecule has 0 saturated carbocycles. The average Bonchev–Trinajstić information content (AvgIpc) is 2.54. The van der Waals surface area contributed by atoms with E-state index in [-0.39, 0.29) is 36.8 Å². The standard InChI is InChI=1S/C19H25N3O.2ClH/c1-13(2)8-18(10-20)22-19(23)17-9-16(11-21-12-17)15-6-4-14(3)5-7-15;;/h4-7,9,11-13,18H,8,10,20H2,1-3H3,(H,22,23);2*1H. The molecule has 2 rings (SSSR count). The number of aryl methyl sites for hydroxylation is 1. The quantitative estimate of drug-likeness (QED) is 0.791. The number of halogens is 2. The van der Waals surface area contributed by atoms with Crippen LogP contribution in [-0.2, 0) is 0 Å². The van der Waals surface area contributed by atoms with E-state index in [0.717, 1.165) is 17.5 Å². The van der Waals surface area contributed by atoms with Gasteiger partial charge in [0.1, 0.15) is 0 Å². The van der Waals surface area contributed by atoms with Crippen molar-refractivity contribution in [1.82, 2.24) is 10.3 Å². The normalized spacial score (nSPS) is 11.2. The van der Waals surface area contributed by atoms with Gasteiger partial charge in [0.25, 0.3) is 5.91 Å². The first-order chi connectivity index (χ1) is 11.0. The van der Waals surface area contributed by atoms with E-state index in [1.807, 2.05) is 25.1 Å². The third-order valence-corrected chi connectivity index (χ3v) is 3.76. The maximum absolute atomic E-state index is 12.4. The van der Waals surface area contributed by atoms with Crippen LogP contribution >= 0.6 is 24.8 Å². The Bertz CT molecular complexity index is 660. The van der Waals surface area contributed by atoms with Crippen LogP contribution in [0.3, 0.4) is 0 Å². The Labute approximate surface area is 162 Å². The average molecular weight is 384 g/mol. The summed E-state index contributed by atoms with van der Waals surface area (Å²) in [6, 6.07) is 10.0. The Morgan fingerprint density at radius 3 is 2.32 bits per heavy atom. The predicted octanol–water partition coefficient (Wildman–Crippen LogP) is 4.00. The van der Waals surface area contributed by atoms with Crippen LogP contribution in [0.2, 0.25) is 0 Å². The highest BCUT2D eigenvalue weighted by Crippen LogP contribution is 2.20. The van der Waals surface area contributed by atoms with Crippen molar-refractivity contribution in [2.45, 2.75) is 33.2 Å². The number of carbonyl (C=O) groups excluding carboxylic acids is 1. The first-order valence-corrected chi connectivity index (χ1v) is 8.02. The molecular weight excluding hydrogens is 357 g/mol. The molecule has 0 aliphatic rings. The van der Waals surface area contributed by atoms with E-state index in [4.69, 9.17) is 5.73 Å². The molecule has 1 unspecified atom stereocenters. The van der Waals surface area contributed by atoms with Gasteiger partial charge in [0.2, 0.25) is 0 Å². The second-order valence-corrected chi connectivity index (χ2v) is 6.36. The molecule has 1 aromatic heterocycles. The lowest BCUT2D eigenvalue weighted by Gasteiger charge is -2.18. The zero-order valence-corrected chi connectivity index (χ0v) is 16.5. The molecule has 0 aliphatic heterocycles. The van der Waals surface area contributed by atoms with Gasteiger partial charge in [-0.2, -0.15) is 0 Å². The lowest BCUT2D eigenvalue weighted by atomic mass is 10.0.